The number of rotatable bonds is 11. The van der Waals surface area contributed by atoms with Crippen LogP contribution >= 0.6 is 0 Å². The number of aromatic nitrogens is 2. The number of benzene rings is 1. The molecule has 11 nitrogen and oxygen atoms in total. The Balaban J connectivity index is 1.59. The highest BCUT2D eigenvalue weighted by atomic mass is 16.5. The van der Waals surface area contributed by atoms with Crippen LogP contribution in [0.4, 0.5) is 16.6 Å². The van der Waals surface area contributed by atoms with Crippen LogP contribution in [0.15, 0.2) is 35.5 Å². The Bertz CT molecular complexity index is 1240. The highest BCUT2D eigenvalue weighted by molar-refractivity contribution is 6.13. The van der Waals surface area contributed by atoms with Gasteiger partial charge in [-0.2, -0.15) is 4.98 Å². The van der Waals surface area contributed by atoms with Crippen LogP contribution in [0.25, 0.3) is 0 Å². The Morgan fingerprint density at radius 3 is 2.55 bits per heavy atom. The molecule has 2 unspecified atom stereocenters. The molecule has 1 aromatic heterocycles. The van der Waals surface area contributed by atoms with E-state index < -0.39 is 24.0 Å². The topological polar surface area (TPSA) is 162 Å². The van der Waals surface area contributed by atoms with Gasteiger partial charge in [-0.3, -0.25) is 10.2 Å². The van der Waals surface area contributed by atoms with E-state index in [4.69, 9.17) is 15.1 Å². The van der Waals surface area contributed by atoms with Crippen LogP contribution < -0.4 is 16.0 Å². The molecule has 1 saturated carbocycles. The zero-order valence-corrected chi connectivity index (χ0v) is 23.4. The molecule has 1 aromatic carbocycles. The number of hydrogen-bond donors (Lipinski definition) is 5. The van der Waals surface area contributed by atoms with Gasteiger partial charge in [0.1, 0.15) is 11.7 Å². The third kappa shape index (κ3) is 6.82. The number of urea groups is 1. The first-order chi connectivity index (χ1) is 19.3. The maximum Gasteiger partial charge on any atom is 0.341 e. The summed E-state index contributed by atoms with van der Waals surface area (Å²) in [6, 6.07) is 6.24. The van der Waals surface area contributed by atoms with Crippen LogP contribution in [0.5, 0.6) is 0 Å². The lowest BCUT2D eigenvalue weighted by Crippen LogP contribution is -2.44. The lowest BCUT2D eigenvalue weighted by atomic mass is 9.86. The summed E-state index contributed by atoms with van der Waals surface area (Å²) < 4.78 is 5.01. The monoisotopic (exact) mass is 549 g/mol. The number of aliphatic hydroxyl groups excluding tert-OH is 1. The molecule has 2 aromatic rings. The zero-order valence-electron chi connectivity index (χ0n) is 23.4. The van der Waals surface area contributed by atoms with E-state index in [1.54, 1.807) is 30.5 Å². The first kappa shape index (κ1) is 29.1. The Morgan fingerprint density at radius 2 is 1.90 bits per heavy atom. The predicted molar refractivity (Wildman–Crippen MR) is 154 cm³/mol. The van der Waals surface area contributed by atoms with E-state index >= 15 is 0 Å². The predicted octanol–water partition coefficient (Wildman–Crippen LogP) is 4.22. The second-order valence-corrected chi connectivity index (χ2v) is 10.3. The molecule has 0 bridgehead atoms. The summed E-state index contributed by atoms with van der Waals surface area (Å²) >= 11 is 0. The van der Waals surface area contributed by atoms with Crippen molar-refractivity contribution in [1.29, 1.82) is 5.41 Å². The molecule has 40 heavy (non-hydrogen) atoms. The van der Waals surface area contributed by atoms with Gasteiger partial charge in [0.05, 0.1) is 30.5 Å². The minimum absolute atomic E-state index is 0.148. The second-order valence-electron chi connectivity index (χ2n) is 10.3. The Labute approximate surface area is 234 Å². The number of nitrogens with zero attached hydrogens (tertiary/aromatic N) is 3. The molecule has 2 atom stereocenters. The number of carbonyl (C=O) groups is 2. The summed E-state index contributed by atoms with van der Waals surface area (Å²) in [5.41, 5.74) is 2.65. The molecule has 0 saturated heterocycles. The summed E-state index contributed by atoms with van der Waals surface area (Å²) in [6.07, 6.45) is 7.01. The number of aliphatic imine (C=N–C) groups is 1. The molecule has 0 spiro atoms. The number of aliphatic hydroxyl groups is 1. The quantitative estimate of drug-likeness (QED) is 0.158. The maximum absolute atomic E-state index is 12.6. The van der Waals surface area contributed by atoms with Crippen LogP contribution in [0.1, 0.15) is 81.5 Å². The zero-order chi connectivity index (χ0) is 28.6. The first-order valence-electron chi connectivity index (χ1n) is 14.0. The van der Waals surface area contributed by atoms with Gasteiger partial charge in [-0.15, -0.1) is 0 Å². The fraction of sp³-hybridized carbons (Fsp3) is 0.517. The van der Waals surface area contributed by atoms with Crippen molar-refractivity contribution in [2.24, 2.45) is 10.9 Å². The highest BCUT2D eigenvalue weighted by Gasteiger charge is 2.38. The van der Waals surface area contributed by atoms with E-state index in [1.807, 2.05) is 6.92 Å². The summed E-state index contributed by atoms with van der Waals surface area (Å²) in [7, 11) is 1.32. The molecule has 11 heteroatoms. The molecule has 5 N–H and O–H groups in total. The summed E-state index contributed by atoms with van der Waals surface area (Å²) in [6.45, 7) is 4.73. The molecule has 2 aliphatic rings. The van der Waals surface area contributed by atoms with Crippen molar-refractivity contribution in [3.8, 4) is 0 Å². The van der Waals surface area contributed by atoms with Crippen molar-refractivity contribution in [3.63, 3.8) is 0 Å². The third-order valence-corrected chi connectivity index (χ3v) is 7.50. The molecule has 214 valence electrons. The van der Waals surface area contributed by atoms with Crippen molar-refractivity contribution in [1.82, 2.24) is 15.3 Å². The van der Waals surface area contributed by atoms with E-state index in [2.05, 4.69) is 32.9 Å². The lowest BCUT2D eigenvalue weighted by molar-refractivity contribution is -0.143. The normalized spacial score (nSPS) is 22.6. The number of esters is 1. The van der Waals surface area contributed by atoms with Crippen molar-refractivity contribution in [2.75, 3.05) is 24.3 Å². The smallest absolute Gasteiger partial charge is 0.341 e. The molecule has 1 fully saturated rings. The van der Waals surface area contributed by atoms with E-state index in [1.165, 1.54) is 7.11 Å². The standard InChI is InChI=1S/C29H39N7O4/c1-4-6-15-31-28-32-16-21(26(36-28)33-19-11-13-20(37)14-12-19)24(30)17-7-9-18(10-8-17)25-23(27(38)40-3)22(5-2)34-29(39)35-25/h7-10,16,19-20,23,25,30,37H,4-6,11-15H2,1-3H3,(H,35,39)(H2,31,32,33,36). The summed E-state index contributed by atoms with van der Waals surface area (Å²) in [5.74, 6) is -0.0883. The average Bonchev–Trinajstić information content (AvgIpc) is 2.97. The van der Waals surface area contributed by atoms with Crippen LogP contribution in [-0.4, -0.2) is 64.3 Å². The van der Waals surface area contributed by atoms with Crippen molar-refractivity contribution < 1.29 is 19.4 Å². The Hall–Kier alpha value is -3.86. The SMILES string of the molecule is CCCCNc1ncc(C(=N)c2ccc(C3NC(=O)N=C(CC)C3C(=O)OC)cc2)c(NC2CCC(O)CC2)n1. The lowest BCUT2D eigenvalue weighted by Gasteiger charge is -2.30. The van der Waals surface area contributed by atoms with Gasteiger partial charge in [-0.1, -0.05) is 44.5 Å². The number of methoxy groups -OCH3 is 1. The largest absolute Gasteiger partial charge is 0.468 e. The molecule has 1 aliphatic carbocycles. The van der Waals surface area contributed by atoms with E-state index in [9.17, 15) is 14.7 Å². The summed E-state index contributed by atoms with van der Waals surface area (Å²) in [5, 5.41) is 28.5. The number of carbonyl (C=O) groups excluding carboxylic acids is 2. The first-order valence-corrected chi connectivity index (χ1v) is 14.0. The van der Waals surface area contributed by atoms with Crippen molar-refractivity contribution in [3.05, 3.63) is 47.2 Å². The molecule has 2 amide bonds. The molecular formula is C29H39N7O4. The van der Waals surface area contributed by atoms with Gasteiger partial charge in [-0.25, -0.2) is 14.8 Å². The van der Waals surface area contributed by atoms with Crippen molar-refractivity contribution >= 4 is 35.2 Å². The van der Waals surface area contributed by atoms with Crippen LogP contribution in [0.3, 0.4) is 0 Å². The van der Waals surface area contributed by atoms with Gasteiger partial charge in [0.25, 0.3) is 0 Å². The van der Waals surface area contributed by atoms with Crippen LogP contribution in [-0.2, 0) is 9.53 Å². The van der Waals surface area contributed by atoms with Gasteiger partial charge in [-0.05, 0) is 44.1 Å². The molecule has 4 rings (SSSR count). The third-order valence-electron chi connectivity index (χ3n) is 7.50. The molecular weight excluding hydrogens is 510 g/mol. The van der Waals surface area contributed by atoms with Gasteiger partial charge in [0.15, 0.2) is 0 Å². The minimum atomic E-state index is -0.719. The molecule has 2 heterocycles. The Morgan fingerprint density at radius 1 is 1.18 bits per heavy atom. The number of nitrogens with one attached hydrogen (secondary N) is 4. The number of amides is 2. The number of ether oxygens (including phenoxy) is 1. The average molecular weight is 550 g/mol. The van der Waals surface area contributed by atoms with E-state index in [0.29, 0.717) is 40.6 Å². The van der Waals surface area contributed by atoms with Gasteiger partial charge < -0.3 is 25.8 Å². The Kier molecular flexibility index (Phi) is 9.81. The van der Waals surface area contributed by atoms with Crippen LogP contribution in [0.2, 0.25) is 0 Å². The van der Waals surface area contributed by atoms with Gasteiger partial charge >= 0.3 is 12.0 Å². The van der Waals surface area contributed by atoms with Crippen LogP contribution in [0, 0.1) is 11.3 Å². The fourth-order valence-corrected chi connectivity index (χ4v) is 5.18. The number of unbranched alkanes of at least 4 members (excludes halogenated alkanes) is 1. The number of hydrogen-bond acceptors (Lipinski definition) is 9. The summed E-state index contributed by atoms with van der Waals surface area (Å²) in [4.78, 5) is 38.0. The highest BCUT2D eigenvalue weighted by Crippen LogP contribution is 2.30. The van der Waals surface area contributed by atoms with Gasteiger partial charge in [0.2, 0.25) is 5.95 Å². The van der Waals surface area contributed by atoms with Gasteiger partial charge in [0, 0.05) is 30.1 Å². The minimum Gasteiger partial charge on any atom is -0.468 e. The number of anilines is 2. The fourth-order valence-electron chi connectivity index (χ4n) is 5.18. The van der Waals surface area contributed by atoms with E-state index in [0.717, 1.165) is 45.1 Å². The second kappa shape index (κ2) is 13.5. The molecule has 1 aliphatic heterocycles. The van der Waals surface area contributed by atoms with E-state index in [-0.39, 0.29) is 17.9 Å². The van der Waals surface area contributed by atoms with Crippen molar-refractivity contribution in [2.45, 2.75) is 77.0 Å². The maximum atomic E-state index is 12.6. The molecule has 0 radical (unpaired) electrons.